The van der Waals surface area contributed by atoms with Gasteiger partial charge in [-0.15, -0.1) is 0 Å². The van der Waals surface area contributed by atoms with E-state index in [0.717, 1.165) is 6.54 Å². The molecule has 0 aromatic rings. The Balaban J connectivity index is -0.0000000575. The van der Waals surface area contributed by atoms with Crippen LogP contribution in [0.3, 0.4) is 0 Å². The standard InChI is InChI=1S/C3H9N.C2H7N.H2/c1-3-4-2;1-3-2;/h4H,3H2,1-2H3;3H,1-2H3;1H. The summed E-state index contributed by atoms with van der Waals surface area (Å²) in [7, 11) is 5.68. The summed E-state index contributed by atoms with van der Waals surface area (Å²) in [5.74, 6) is 0. The summed E-state index contributed by atoms with van der Waals surface area (Å²) < 4.78 is 0. The van der Waals surface area contributed by atoms with Crippen molar-refractivity contribution < 1.29 is 1.43 Å². The first-order chi connectivity index (χ1) is 3.33. The van der Waals surface area contributed by atoms with Gasteiger partial charge >= 0.3 is 0 Å². The minimum atomic E-state index is 0. The van der Waals surface area contributed by atoms with E-state index in [9.17, 15) is 0 Å². The molecule has 0 rings (SSSR count). The average Bonchev–Trinajstić information content (AvgIpc) is 1.69. The van der Waals surface area contributed by atoms with Crippen molar-refractivity contribution in [1.82, 2.24) is 10.6 Å². The van der Waals surface area contributed by atoms with Gasteiger partial charge in [0, 0.05) is 1.43 Å². The van der Waals surface area contributed by atoms with Crippen LogP contribution in [-0.2, 0) is 0 Å². The fourth-order valence-electron chi connectivity index (χ4n) is 0. The van der Waals surface area contributed by atoms with Crippen LogP contribution in [0.5, 0.6) is 0 Å². The third-order valence-electron chi connectivity index (χ3n) is 0.354. The maximum atomic E-state index is 2.93. The first kappa shape index (κ1) is 10.0. The molecular weight excluding hydrogens is 88.1 g/mol. The molecule has 0 bridgehead atoms. The van der Waals surface area contributed by atoms with Gasteiger partial charge in [0.05, 0.1) is 0 Å². The zero-order chi connectivity index (χ0) is 6.12. The molecule has 0 saturated carbocycles. The molecular formula is C5H18N2. The molecule has 0 heterocycles. The highest BCUT2D eigenvalue weighted by atomic mass is 14.8. The number of rotatable bonds is 1. The maximum Gasteiger partial charge on any atom is 0 e. The third kappa shape index (κ3) is 107. The fraction of sp³-hybridized carbons (Fsp3) is 1.00. The number of hydrogen-bond donors (Lipinski definition) is 2. The normalized spacial score (nSPS) is 6.86. The lowest BCUT2D eigenvalue weighted by atomic mass is 10.8. The van der Waals surface area contributed by atoms with E-state index in [-0.39, 0.29) is 1.43 Å². The van der Waals surface area contributed by atoms with E-state index in [4.69, 9.17) is 0 Å². The lowest BCUT2D eigenvalue weighted by Gasteiger charge is -1.76. The van der Waals surface area contributed by atoms with E-state index < -0.39 is 0 Å². The number of nitrogens with one attached hydrogen (secondary N) is 2. The summed E-state index contributed by atoms with van der Waals surface area (Å²) >= 11 is 0. The van der Waals surface area contributed by atoms with Crippen LogP contribution < -0.4 is 10.6 Å². The van der Waals surface area contributed by atoms with Crippen molar-refractivity contribution in [1.29, 1.82) is 0 Å². The second kappa shape index (κ2) is 16.8. The molecule has 0 fully saturated rings. The molecule has 2 nitrogen and oxygen atoms in total. The summed E-state index contributed by atoms with van der Waals surface area (Å²) in [4.78, 5) is 0. The summed E-state index contributed by atoms with van der Waals surface area (Å²) in [6.07, 6.45) is 0. The smallest absolute Gasteiger partial charge is 0 e. The van der Waals surface area contributed by atoms with Crippen molar-refractivity contribution >= 4 is 0 Å². The van der Waals surface area contributed by atoms with Crippen LogP contribution in [0, 0.1) is 0 Å². The van der Waals surface area contributed by atoms with E-state index in [0.29, 0.717) is 0 Å². The summed E-state index contributed by atoms with van der Waals surface area (Å²) in [6.45, 7) is 3.14. The maximum absolute atomic E-state index is 2.93. The molecule has 0 radical (unpaired) electrons. The highest BCUT2D eigenvalue weighted by molar-refractivity contribution is 4.15. The molecule has 0 unspecified atom stereocenters. The molecule has 0 saturated heterocycles. The molecule has 0 aromatic carbocycles. The van der Waals surface area contributed by atoms with Crippen LogP contribution in [-0.4, -0.2) is 27.7 Å². The van der Waals surface area contributed by atoms with Crippen LogP contribution in [0.1, 0.15) is 8.35 Å². The molecule has 2 N–H and O–H groups in total. The van der Waals surface area contributed by atoms with Gasteiger partial charge in [0.1, 0.15) is 0 Å². The van der Waals surface area contributed by atoms with Crippen molar-refractivity contribution in [2.45, 2.75) is 6.92 Å². The lowest BCUT2D eigenvalue weighted by Crippen LogP contribution is -2.01. The molecule has 0 aliphatic carbocycles. The van der Waals surface area contributed by atoms with Gasteiger partial charge in [-0.25, -0.2) is 0 Å². The first-order valence-electron chi connectivity index (χ1n) is 2.56. The summed E-state index contributed by atoms with van der Waals surface area (Å²) in [6, 6.07) is 0. The van der Waals surface area contributed by atoms with Gasteiger partial charge in [0.15, 0.2) is 0 Å². The second-order valence-corrected chi connectivity index (χ2v) is 1.21. The average molecular weight is 106 g/mol. The highest BCUT2D eigenvalue weighted by Crippen LogP contribution is 1.34. The number of hydrogen-bond acceptors (Lipinski definition) is 2. The molecule has 0 amide bonds. The Labute approximate surface area is 47.8 Å². The molecule has 2 heteroatoms. The highest BCUT2D eigenvalue weighted by Gasteiger charge is 1.50. The summed E-state index contributed by atoms with van der Waals surface area (Å²) in [5, 5.41) is 5.68. The van der Waals surface area contributed by atoms with Crippen LogP contribution in [0.4, 0.5) is 0 Å². The Morgan fingerprint density at radius 3 is 1.43 bits per heavy atom. The third-order valence-corrected chi connectivity index (χ3v) is 0.354. The molecule has 7 heavy (non-hydrogen) atoms. The van der Waals surface area contributed by atoms with Crippen molar-refractivity contribution in [3.05, 3.63) is 0 Å². The quantitative estimate of drug-likeness (QED) is 0.502. The van der Waals surface area contributed by atoms with Gasteiger partial charge in [-0.3, -0.25) is 0 Å². The molecule has 0 aliphatic heterocycles. The minimum Gasteiger partial charge on any atom is -0.323 e. The van der Waals surface area contributed by atoms with Crippen molar-refractivity contribution in [2.24, 2.45) is 0 Å². The molecule has 0 spiro atoms. The van der Waals surface area contributed by atoms with Crippen molar-refractivity contribution in [2.75, 3.05) is 27.7 Å². The fourth-order valence-corrected chi connectivity index (χ4v) is 0. The topological polar surface area (TPSA) is 24.1 Å². The van der Waals surface area contributed by atoms with Crippen LogP contribution >= 0.6 is 0 Å². The SMILES string of the molecule is CCNC.CNC.[HH]. The molecule has 0 aromatic heterocycles. The van der Waals surface area contributed by atoms with Crippen LogP contribution in [0.2, 0.25) is 0 Å². The Bertz CT molecular complexity index is 17.9. The van der Waals surface area contributed by atoms with Crippen molar-refractivity contribution in [3.8, 4) is 0 Å². The van der Waals surface area contributed by atoms with E-state index >= 15 is 0 Å². The lowest BCUT2D eigenvalue weighted by molar-refractivity contribution is 0.864. The van der Waals surface area contributed by atoms with E-state index in [1.54, 1.807) is 0 Å². The minimum absolute atomic E-state index is 0. The van der Waals surface area contributed by atoms with E-state index in [2.05, 4.69) is 17.6 Å². The predicted octanol–water partition coefficient (Wildman–Crippen LogP) is 0.307. The zero-order valence-electron chi connectivity index (χ0n) is 5.71. The van der Waals surface area contributed by atoms with E-state index in [1.807, 2.05) is 21.1 Å². The monoisotopic (exact) mass is 106 g/mol. The second-order valence-electron chi connectivity index (χ2n) is 1.21. The van der Waals surface area contributed by atoms with Gasteiger partial charge in [-0.2, -0.15) is 0 Å². The molecule has 48 valence electrons. The van der Waals surface area contributed by atoms with Gasteiger partial charge in [-0.05, 0) is 27.7 Å². The van der Waals surface area contributed by atoms with Gasteiger partial charge in [0.2, 0.25) is 0 Å². The Kier molecular flexibility index (Phi) is 24.1. The summed E-state index contributed by atoms with van der Waals surface area (Å²) in [5.41, 5.74) is 0. The van der Waals surface area contributed by atoms with Gasteiger partial charge < -0.3 is 10.6 Å². The van der Waals surface area contributed by atoms with Gasteiger partial charge in [-0.1, -0.05) is 6.92 Å². The van der Waals surface area contributed by atoms with Crippen LogP contribution in [0.25, 0.3) is 0 Å². The predicted molar refractivity (Wildman–Crippen MR) is 36.7 cm³/mol. The Morgan fingerprint density at radius 2 is 1.43 bits per heavy atom. The Hall–Kier alpha value is -0.0800. The van der Waals surface area contributed by atoms with Gasteiger partial charge in [0.25, 0.3) is 0 Å². The van der Waals surface area contributed by atoms with Crippen LogP contribution in [0.15, 0.2) is 0 Å². The first-order valence-corrected chi connectivity index (χ1v) is 2.56. The molecule has 0 aliphatic rings. The Morgan fingerprint density at radius 1 is 1.29 bits per heavy atom. The largest absolute Gasteiger partial charge is 0.323 e. The zero-order valence-corrected chi connectivity index (χ0v) is 5.71. The molecule has 0 atom stereocenters. The van der Waals surface area contributed by atoms with E-state index in [1.165, 1.54) is 0 Å². The van der Waals surface area contributed by atoms with Crippen molar-refractivity contribution in [3.63, 3.8) is 0 Å².